The molecular weight excluding hydrogens is 546 g/mol. The zero-order chi connectivity index (χ0) is 26.5. The van der Waals surface area contributed by atoms with Crippen molar-refractivity contribution in [2.45, 2.75) is 31.6 Å². The molecule has 1 aromatic carbocycles. The van der Waals surface area contributed by atoms with E-state index in [4.69, 9.17) is 26.4 Å². The van der Waals surface area contributed by atoms with Crippen LogP contribution in [0.4, 0.5) is 8.78 Å². The molecular formula is C24H25ClF2N4O4S2. The second kappa shape index (κ2) is 12.3. The Hall–Kier alpha value is -2.54. The topological polar surface area (TPSA) is 104 Å². The van der Waals surface area contributed by atoms with Crippen molar-refractivity contribution in [3.63, 3.8) is 0 Å². The number of aliphatic imine (C=N–C) groups is 1. The molecule has 1 aromatic heterocycles. The maximum absolute atomic E-state index is 14.5. The lowest BCUT2D eigenvalue weighted by atomic mass is 9.95. The van der Waals surface area contributed by atoms with Gasteiger partial charge in [0, 0.05) is 52.7 Å². The third-order valence-corrected chi connectivity index (χ3v) is 8.07. The molecule has 2 aliphatic rings. The van der Waals surface area contributed by atoms with Gasteiger partial charge in [-0.1, -0.05) is 17.7 Å². The third-order valence-electron chi connectivity index (χ3n) is 5.89. The highest BCUT2D eigenvalue weighted by Crippen LogP contribution is 2.37. The molecule has 198 valence electrons. The number of carboxylic acid groups (broad SMARTS) is 1. The fourth-order valence-corrected chi connectivity index (χ4v) is 6.11. The number of thioether (sulfide) groups is 1. The molecule has 1 fully saturated rings. The molecule has 4 rings (SSSR count). The van der Waals surface area contributed by atoms with Crippen LogP contribution in [0.3, 0.4) is 0 Å². The van der Waals surface area contributed by atoms with Crippen molar-refractivity contribution in [2.24, 2.45) is 4.99 Å². The van der Waals surface area contributed by atoms with Crippen LogP contribution in [0.15, 0.2) is 46.0 Å². The standard InChI is InChI=1S/C24H25ClF2N4O4S2/c1-2-35-24(34)20-18(10-31-9-14(27)7-15(31)11-36-12-19(32)33)29-22(23-28-5-6-37-23)30-21(20)16-4-3-13(26)8-17(16)25/h3-6,8,14-15,21H,2,7,9-12H2,1H3,(H,29,30)(H,32,33). The first kappa shape index (κ1) is 27.5. The van der Waals surface area contributed by atoms with E-state index in [1.54, 1.807) is 18.5 Å². The van der Waals surface area contributed by atoms with E-state index >= 15 is 0 Å². The van der Waals surface area contributed by atoms with Crippen molar-refractivity contribution in [1.82, 2.24) is 15.2 Å². The number of hydrogen-bond acceptors (Lipinski definition) is 9. The first-order valence-corrected chi connectivity index (χ1v) is 14.0. The Labute approximate surface area is 225 Å². The summed E-state index contributed by atoms with van der Waals surface area (Å²) >= 11 is 8.96. The number of carbonyl (C=O) groups is 2. The van der Waals surface area contributed by atoms with Gasteiger partial charge in [-0.15, -0.1) is 23.1 Å². The molecule has 3 atom stereocenters. The molecule has 8 nitrogen and oxygen atoms in total. The molecule has 3 unspecified atom stereocenters. The first-order valence-electron chi connectivity index (χ1n) is 11.5. The zero-order valence-electron chi connectivity index (χ0n) is 19.8. The number of carboxylic acids is 1. The Kier molecular flexibility index (Phi) is 9.17. The first-order chi connectivity index (χ1) is 17.8. The molecule has 37 heavy (non-hydrogen) atoms. The number of thiazole rings is 1. The van der Waals surface area contributed by atoms with Crippen molar-refractivity contribution in [3.8, 4) is 0 Å². The van der Waals surface area contributed by atoms with E-state index < -0.39 is 30.0 Å². The predicted octanol–water partition coefficient (Wildman–Crippen LogP) is 4.07. The lowest BCUT2D eigenvalue weighted by Gasteiger charge is -2.31. The highest BCUT2D eigenvalue weighted by atomic mass is 35.5. The summed E-state index contributed by atoms with van der Waals surface area (Å²) in [7, 11) is 0. The van der Waals surface area contributed by atoms with E-state index in [0.717, 1.165) is 6.07 Å². The van der Waals surface area contributed by atoms with Crippen molar-refractivity contribution < 1.29 is 28.2 Å². The second-order valence-corrected chi connectivity index (χ2v) is 10.8. The average Bonchev–Trinajstić information content (AvgIpc) is 3.49. The van der Waals surface area contributed by atoms with E-state index in [-0.39, 0.29) is 48.5 Å². The van der Waals surface area contributed by atoms with Gasteiger partial charge in [0.05, 0.1) is 17.9 Å². The van der Waals surface area contributed by atoms with Crippen LogP contribution >= 0.6 is 34.7 Å². The second-order valence-electron chi connectivity index (χ2n) is 8.45. The van der Waals surface area contributed by atoms with Crippen LogP contribution < -0.4 is 5.32 Å². The smallest absolute Gasteiger partial charge is 0.338 e. The number of rotatable bonds is 10. The molecule has 0 amide bonds. The number of nitrogens with one attached hydrogen (secondary N) is 1. The van der Waals surface area contributed by atoms with Crippen molar-refractivity contribution in [2.75, 3.05) is 31.2 Å². The number of aliphatic carboxylic acids is 1. The summed E-state index contributed by atoms with van der Waals surface area (Å²) in [6.07, 6.45) is 0.799. The van der Waals surface area contributed by atoms with Crippen LogP contribution in [-0.2, 0) is 14.3 Å². The Morgan fingerprint density at radius 2 is 2.22 bits per heavy atom. The monoisotopic (exact) mass is 570 g/mol. The number of aromatic nitrogens is 1. The number of likely N-dealkylation sites (tertiary alicyclic amines) is 1. The van der Waals surface area contributed by atoms with Gasteiger partial charge < -0.3 is 15.2 Å². The maximum atomic E-state index is 14.5. The minimum Gasteiger partial charge on any atom is -0.481 e. The minimum absolute atomic E-state index is 0.0810. The van der Waals surface area contributed by atoms with Crippen LogP contribution in [0.5, 0.6) is 0 Å². The quantitative estimate of drug-likeness (QED) is 0.412. The van der Waals surface area contributed by atoms with Crippen LogP contribution in [0, 0.1) is 5.82 Å². The van der Waals surface area contributed by atoms with Gasteiger partial charge in [0.15, 0.2) is 10.8 Å². The molecule has 0 radical (unpaired) electrons. The van der Waals surface area contributed by atoms with Crippen LogP contribution in [0.1, 0.15) is 30.0 Å². The number of halogens is 3. The van der Waals surface area contributed by atoms with E-state index in [1.807, 2.05) is 4.90 Å². The number of hydrogen-bond donors (Lipinski definition) is 2. The number of alkyl halides is 1. The van der Waals surface area contributed by atoms with Gasteiger partial charge in [-0.25, -0.2) is 18.6 Å². The Balaban J connectivity index is 1.74. The maximum Gasteiger partial charge on any atom is 0.338 e. The summed E-state index contributed by atoms with van der Waals surface area (Å²) in [5, 5.41) is 14.6. The van der Waals surface area contributed by atoms with Crippen LogP contribution in [-0.4, -0.2) is 76.2 Å². The number of ether oxygens (including phenoxy) is 1. The molecule has 1 saturated heterocycles. The van der Waals surface area contributed by atoms with Gasteiger partial charge in [-0.2, -0.15) is 0 Å². The molecule has 2 aliphatic heterocycles. The summed E-state index contributed by atoms with van der Waals surface area (Å²) in [6, 6.07) is 2.74. The summed E-state index contributed by atoms with van der Waals surface area (Å²) in [6.45, 7) is 2.09. The number of amidine groups is 1. The number of carbonyl (C=O) groups excluding carboxylic acids is 1. The summed E-state index contributed by atoms with van der Waals surface area (Å²) in [4.78, 5) is 35.1. The van der Waals surface area contributed by atoms with Crippen molar-refractivity contribution in [1.29, 1.82) is 0 Å². The Morgan fingerprint density at radius 3 is 2.89 bits per heavy atom. The Bertz CT molecular complexity index is 1210. The molecule has 0 saturated carbocycles. The van der Waals surface area contributed by atoms with E-state index in [9.17, 15) is 18.4 Å². The lowest BCUT2D eigenvalue weighted by Crippen LogP contribution is -2.42. The number of esters is 1. The van der Waals surface area contributed by atoms with Crippen LogP contribution in [0.25, 0.3) is 0 Å². The number of nitrogens with zero attached hydrogens (tertiary/aromatic N) is 3. The summed E-state index contributed by atoms with van der Waals surface area (Å²) < 4.78 is 33.7. The van der Waals surface area contributed by atoms with E-state index in [2.05, 4.69) is 10.3 Å². The Morgan fingerprint density at radius 1 is 1.41 bits per heavy atom. The fraction of sp³-hybridized carbons (Fsp3) is 0.417. The molecule has 0 spiro atoms. The highest BCUT2D eigenvalue weighted by molar-refractivity contribution is 7.99. The highest BCUT2D eigenvalue weighted by Gasteiger charge is 2.38. The SMILES string of the molecule is CCOC(=O)C1=C(CN2CC(F)CC2CSCC(=O)O)NC(c2nccs2)=NC1c1ccc(F)cc1Cl. The fourth-order valence-electron chi connectivity index (χ4n) is 4.34. The average molecular weight is 571 g/mol. The van der Waals surface area contributed by atoms with E-state index in [1.165, 1.54) is 35.2 Å². The van der Waals surface area contributed by atoms with E-state index in [0.29, 0.717) is 27.9 Å². The molecule has 0 aliphatic carbocycles. The predicted molar refractivity (Wildman–Crippen MR) is 139 cm³/mol. The van der Waals surface area contributed by atoms with Gasteiger partial charge in [-0.3, -0.25) is 14.7 Å². The molecule has 2 aromatic rings. The van der Waals surface area contributed by atoms with Gasteiger partial charge in [0.25, 0.3) is 0 Å². The molecule has 0 bridgehead atoms. The third kappa shape index (κ3) is 6.67. The summed E-state index contributed by atoms with van der Waals surface area (Å²) in [5.74, 6) is -1.34. The van der Waals surface area contributed by atoms with Gasteiger partial charge in [-0.05, 0) is 25.5 Å². The minimum atomic E-state index is -1.08. The molecule has 3 heterocycles. The zero-order valence-corrected chi connectivity index (χ0v) is 22.2. The summed E-state index contributed by atoms with van der Waals surface area (Å²) in [5.41, 5.74) is 1.05. The van der Waals surface area contributed by atoms with Gasteiger partial charge in [0.2, 0.25) is 0 Å². The largest absolute Gasteiger partial charge is 0.481 e. The van der Waals surface area contributed by atoms with Gasteiger partial charge >= 0.3 is 11.9 Å². The van der Waals surface area contributed by atoms with Crippen molar-refractivity contribution in [3.05, 3.63) is 62.5 Å². The molecule has 13 heteroatoms. The normalized spacial score (nSPS) is 22.1. The molecule has 2 N–H and O–H groups in total. The van der Waals surface area contributed by atoms with Crippen molar-refractivity contribution >= 4 is 52.5 Å². The van der Waals surface area contributed by atoms with Gasteiger partial charge in [0.1, 0.15) is 18.0 Å². The number of benzene rings is 1. The van der Waals surface area contributed by atoms with Crippen LogP contribution in [0.2, 0.25) is 5.02 Å². The lowest BCUT2D eigenvalue weighted by molar-refractivity contribution is -0.139.